The van der Waals surface area contributed by atoms with E-state index >= 15 is 0 Å². The molecule has 9 nitrogen and oxygen atoms in total. The number of anilines is 3. The maximum atomic E-state index is 6.22. The number of hydrogen-bond donors (Lipinski definition) is 4. The Labute approximate surface area is 241 Å². The lowest BCUT2D eigenvalue weighted by Gasteiger charge is -2.25. The molecule has 3 aromatic carbocycles. The lowest BCUT2D eigenvalue weighted by Crippen LogP contribution is -2.35. The number of piperidine rings is 1. The zero-order chi connectivity index (χ0) is 27.8. The maximum Gasteiger partial charge on any atom is 0.300 e. The van der Waals surface area contributed by atoms with E-state index in [1.54, 1.807) is 12.1 Å². The number of H-pyrrole nitrogens is 1. The predicted octanol–water partition coefficient (Wildman–Crippen LogP) is 7.43. The molecule has 4 N–H and O–H groups in total. The van der Waals surface area contributed by atoms with Crippen LogP contribution in [-0.4, -0.2) is 39.1 Å². The van der Waals surface area contributed by atoms with E-state index in [4.69, 9.17) is 20.8 Å². The number of benzene rings is 3. The number of hydrogen-bond acceptors (Lipinski definition) is 8. The molecule has 1 aliphatic heterocycles. The molecule has 206 valence electrons. The normalized spacial score (nSPS) is 14.0. The molecule has 1 aliphatic rings. The highest BCUT2D eigenvalue weighted by Crippen LogP contribution is 2.34. The second kappa shape index (κ2) is 10.8. The Hall–Kier alpha value is -4.60. The molecule has 1 fully saturated rings. The number of oxazole rings is 1. The molecule has 7 rings (SSSR count). The van der Waals surface area contributed by atoms with Gasteiger partial charge in [-0.25, -0.2) is 9.97 Å². The fourth-order valence-corrected chi connectivity index (χ4v) is 5.32. The highest BCUT2D eigenvalue weighted by Gasteiger charge is 2.16. The van der Waals surface area contributed by atoms with Crippen LogP contribution in [-0.2, 0) is 0 Å². The minimum atomic E-state index is 0.381. The minimum Gasteiger partial charge on any atom is -0.438 e. The Morgan fingerprint density at radius 2 is 1.78 bits per heavy atom. The van der Waals surface area contributed by atoms with Gasteiger partial charge in [0.15, 0.2) is 5.58 Å². The van der Waals surface area contributed by atoms with Crippen LogP contribution in [0.25, 0.3) is 33.4 Å². The first-order valence-corrected chi connectivity index (χ1v) is 14.0. The van der Waals surface area contributed by atoms with Crippen molar-refractivity contribution in [3.05, 3.63) is 83.6 Å². The molecule has 0 atom stereocenters. The van der Waals surface area contributed by atoms with Gasteiger partial charge in [0.1, 0.15) is 23.2 Å². The highest BCUT2D eigenvalue weighted by molar-refractivity contribution is 6.30. The number of aromatic nitrogens is 4. The summed E-state index contributed by atoms with van der Waals surface area (Å²) in [5.41, 5.74) is 7.21. The Morgan fingerprint density at radius 3 is 2.61 bits per heavy atom. The molecule has 1 saturated heterocycles. The highest BCUT2D eigenvalue weighted by atomic mass is 35.5. The van der Waals surface area contributed by atoms with Gasteiger partial charge in [0.05, 0.1) is 5.39 Å². The number of aromatic amines is 1. The fraction of sp³-hybridized carbons (Fsp3) is 0.194. The SMILES string of the molecule is Cc1cc(NC2CCNCC2)ccc1-c1cc2c(Oc3ccc4oc(Nc5ccc(Cl)cc5)nc4c3)ncnc2[nH]1. The largest absolute Gasteiger partial charge is 0.438 e. The van der Waals surface area contributed by atoms with E-state index in [0.717, 1.165) is 53.9 Å². The van der Waals surface area contributed by atoms with Gasteiger partial charge < -0.3 is 30.1 Å². The van der Waals surface area contributed by atoms with Crippen molar-refractivity contribution in [1.29, 1.82) is 0 Å². The maximum absolute atomic E-state index is 6.22. The summed E-state index contributed by atoms with van der Waals surface area (Å²) >= 11 is 5.98. The number of aryl methyl sites for hydroxylation is 1. The molecule has 3 aromatic heterocycles. The first kappa shape index (κ1) is 25.4. The van der Waals surface area contributed by atoms with Crippen molar-refractivity contribution in [2.24, 2.45) is 0 Å². The molecule has 0 saturated carbocycles. The number of halogens is 1. The van der Waals surface area contributed by atoms with Gasteiger partial charge >= 0.3 is 0 Å². The van der Waals surface area contributed by atoms with Crippen molar-refractivity contribution in [1.82, 2.24) is 25.3 Å². The van der Waals surface area contributed by atoms with E-state index in [0.29, 0.717) is 45.5 Å². The molecule has 4 heterocycles. The Bertz CT molecular complexity index is 1840. The molecule has 6 aromatic rings. The van der Waals surface area contributed by atoms with Gasteiger partial charge in [-0.3, -0.25) is 0 Å². The van der Waals surface area contributed by atoms with Crippen LogP contribution in [0.1, 0.15) is 18.4 Å². The van der Waals surface area contributed by atoms with Crippen LogP contribution in [0, 0.1) is 6.92 Å². The van der Waals surface area contributed by atoms with Crippen molar-refractivity contribution < 1.29 is 9.15 Å². The number of nitrogens with one attached hydrogen (secondary N) is 4. The second-order valence-electron chi connectivity index (χ2n) is 10.2. The number of fused-ring (bicyclic) bond motifs is 2. The molecule has 0 spiro atoms. The summed E-state index contributed by atoms with van der Waals surface area (Å²) in [5, 5.41) is 11.7. The van der Waals surface area contributed by atoms with Crippen LogP contribution >= 0.6 is 11.6 Å². The third kappa shape index (κ3) is 5.41. The van der Waals surface area contributed by atoms with E-state index < -0.39 is 0 Å². The lowest BCUT2D eigenvalue weighted by molar-refractivity contribution is 0.468. The number of ether oxygens (including phenoxy) is 1. The van der Waals surface area contributed by atoms with Crippen LogP contribution < -0.4 is 20.7 Å². The topological polar surface area (TPSA) is 113 Å². The van der Waals surface area contributed by atoms with E-state index in [-0.39, 0.29) is 0 Å². The summed E-state index contributed by atoms with van der Waals surface area (Å²) in [6, 6.07) is 22.2. The Morgan fingerprint density at radius 1 is 0.951 bits per heavy atom. The van der Waals surface area contributed by atoms with E-state index in [1.165, 1.54) is 11.9 Å². The first-order valence-electron chi connectivity index (χ1n) is 13.6. The molecule has 10 heteroatoms. The average Bonchev–Trinajstić information content (AvgIpc) is 3.59. The summed E-state index contributed by atoms with van der Waals surface area (Å²) in [6.07, 6.45) is 3.77. The van der Waals surface area contributed by atoms with E-state index in [2.05, 4.69) is 61.0 Å². The quantitative estimate of drug-likeness (QED) is 0.158. The minimum absolute atomic E-state index is 0.381. The molecule has 0 aliphatic carbocycles. The van der Waals surface area contributed by atoms with Gasteiger partial charge in [-0.05, 0) is 93.0 Å². The lowest BCUT2D eigenvalue weighted by atomic mass is 10.0. The number of nitrogens with zero attached hydrogens (tertiary/aromatic N) is 3. The zero-order valence-corrected chi connectivity index (χ0v) is 23.1. The zero-order valence-electron chi connectivity index (χ0n) is 22.4. The van der Waals surface area contributed by atoms with Crippen molar-refractivity contribution in [3.63, 3.8) is 0 Å². The van der Waals surface area contributed by atoms with Gasteiger partial charge in [-0.1, -0.05) is 17.7 Å². The third-order valence-electron chi connectivity index (χ3n) is 7.28. The number of rotatable bonds is 7. The van der Waals surface area contributed by atoms with Crippen LogP contribution in [0.5, 0.6) is 11.6 Å². The summed E-state index contributed by atoms with van der Waals surface area (Å²) in [6.45, 7) is 4.25. The smallest absolute Gasteiger partial charge is 0.300 e. The van der Waals surface area contributed by atoms with Crippen molar-refractivity contribution in [3.8, 4) is 22.9 Å². The molecular formula is C31H28ClN7O2. The molecular weight excluding hydrogens is 538 g/mol. The molecule has 41 heavy (non-hydrogen) atoms. The predicted molar refractivity (Wildman–Crippen MR) is 162 cm³/mol. The van der Waals surface area contributed by atoms with Gasteiger partial charge in [0, 0.05) is 39.8 Å². The van der Waals surface area contributed by atoms with Gasteiger partial charge in [0.2, 0.25) is 5.88 Å². The Balaban J connectivity index is 1.12. The van der Waals surface area contributed by atoms with Crippen molar-refractivity contribution in [2.75, 3.05) is 23.7 Å². The van der Waals surface area contributed by atoms with Crippen molar-refractivity contribution in [2.45, 2.75) is 25.8 Å². The van der Waals surface area contributed by atoms with E-state index in [9.17, 15) is 0 Å². The van der Waals surface area contributed by atoms with Gasteiger partial charge in [-0.15, -0.1) is 0 Å². The summed E-state index contributed by atoms with van der Waals surface area (Å²) < 4.78 is 12.1. The molecule has 0 unspecified atom stereocenters. The summed E-state index contributed by atoms with van der Waals surface area (Å²) in [7, 11) is 0. The fourth-order valence-electron chi connectivity index (χ4n) is 5.19. The molecule has 0 radical (unpaired) electrons. The first-order chi connectivity index (χ1) is 20.1. The summed E-state index contributed by atoms with van der Waals surface area (Å²) in [4.78, 5) is 16.9. The van der Waals surface area contributed by atoms with Crippen LogP contribution in [0.3, 0.4) is 0 Å². The van der Waals surface area contributed by atoms with Gasteiger partial charge in [-0.2, -0.15) is 4.98 Å². The van der Waals surface area contributed by atoms with Gasteiger partial charge in [0.25, 0.3) is 6.01 Å². The van der Waals surface area contributed by atoms with Crippen molar-refractivity contribution >= 4 is 51.1 Å². The average molecular weight is 566 g/mol. The standard InChI is InChI=1S/C31H28ClN7O2/c1-18-14-22(36-21-10-12-33-13-11-21)6-8-24(18)26-16-25-29(38-26)34-17-35-30(25)40-23-7-9-28-27(15-23)39-31(41-28)37-20-4-2-19(32)3-5-20/h2-9,14-17,21,33,36H,10-13H2,1H3,(H,37,39)(H,34,35,38). The monoisotopic (exact) mass is 565 g/mol. The van der Waals surface area contributed by atoms with E-state index in [1.807, 2.05) is 36.4 Å². The molecule has 0 amide bonds. The molecule has 0 bridgehead atoms. The van der Waals surface area contributed by atoms with Crippen LogP contribution in [0.15, 0.2) is 77.5 Å². The summed E-state index contributed by atoms with van der Waals surface area (Å²) in [5.74, 6) is 1.05. The van der Waals surface area contributed by atoms with Crippen LogP contribution in [0.2, 0.25) is 5.02 Å². The van der Waals surface area contributed by atoms with Crippen LogP contribution in [0.4, 0.5) is 17.4 Å². The third-order valence-corrected chi connectivity index (χ3v) is 7.54. The Kier molecular flexibility index (Phi) is 6.66. The second-order valence-corrected chi connectivity index (χ2v) is 10.6.